The van der Waals surface area contributed by atoms with E-state index >= 15 is 0 Å². The summed E-state index contributed by atoms with van der Waals surface area (Å²) in [6.45, 7) is 2.22. The van der Waals surface area contributed by atoms with Gasteiger partial charge in [0.2, 0.25) is 0 Å². The largest absolute Gasteiger partial charge is 0.490 e. The summed E-state index contributed by atoms with van der Waals surface area (Å²) < 4.78 is 12.1. The van der Waals surface area contributed by atoms with Crippen LogP contribution in [0.25, 0.3) is 6.08 Å². The predicted molar refractivity (Wildman–Crippen MR) is 138 cm³/mol. The molecule has 3 rings (SSSR count). The SMILES string of the molecule is CCOc1cc(/C=C(/C#N)C(=O)Nc2cccc(C(=O)O)c2)cc(Br)c1OCc1ccc([N+](=O)[O-])cc1. The maximum Gasteiger partial charge on any atom is 0.335 e. The van der Waals surface area contributed by atoms with Crippen LogP contribution >= 0.6 is 15.9 Å². The zero-order valence-corrected chi connectivity index (χ0v) is 21.0. The van der Waals surface area contributed by atoms with Gasteiger partial charge in [0.15, 0.2) is 11.5 Å². The van der Waals surface area contributed by atoms with Crippen LogP contribution in [0.5, 0.6) is 11.5 Å². The fourth-order valence-corrected chi connectivity index (χ4v) is 3.76. The molecule has 0 unspecified atom stereocenters. The Hall–Kier alpha value is -4.69. The summed E-state index contributed by atoms with van der Waals surface area (Å²) in [5.41, 5.74) is 1.17. The Kier molecular flexibility index (Phi) is 8.96. The summed E-state index contributed by atoms with van der Waals surface area (Å²) in [4.78, 5) is 34.2. The van der Waals surface area contributed by atoms with Crippen LogP contribution in [0.3, 0.4) is 0 Å². The third-order valence-electron chi connectivity index (χ3n) is 4.91. The standard InChI is InChI=1S/C26H20BrN3O7/c1-2-36-23-12-17(10-19(14-28)25(31)29-20-5-3-4-18(13-20)26(32)33)11-22(27)24(23)37-15-16-6-8-21(9-7-16)30(34)35/h3-13H,2,15H2,1H3,(H,29,31)(H,32,33)/b19-10-. The van der Waals surface area contributed by atoms with E-state index < -0.39 is 16.8 Å². The average molecular weight is 566 g/mol. The summed E-state index contributed by atoms with van der Waals surface area (Å²) in [5, 5.41) is 32.0. The molecule has 0 aliphatic carbocycles. The van der Waals surface area contributed by atoms with E-state index in [2.05, 4.69) is 21.2 Å². The van der Waals surface area contributed by atoms with Gasteiger partial charge in [-0.2, -0.15) is 5.26 Å². The second-order valence-electron chi connectivity index (χ2n) is 7.49. The van der Waals surface area contributed by atoms with Gasteiger partial charge in [0.1, 0.15) is 18.2 Å². The molecule has 0 bridgehead atoms. The van der Waals surface area contributed by atoms with Crippen molar-refractivity contribution in [1.82, 2.24) is 0 Å². The number of aromatic carboxylic acids is 1. The Morgan fingerprint density at radius 1 is 1.16 bits per heavy atom. The van der Waals surface area contributed by atoms with Gasteiger partial charge in [-0.3, -0.25) is 14.9 Å². The number of nitro benzene ring substituents is 1. The second kappa shape index (κ2) is 12.3. The summed E-state index contributed by atoms with van der Waals surface area (Å²) >= 11 is 3.43. The first-order valence-corrected chi connectivity index (χ1v) is 11.6. The van der Waals surface area contributed by atoms with Crippen molar-refractivity contribution in [2.45, 2.75) is 13.5 Å². The number of benzene rings is 3. The van der Waals surface area contributed by atoms with Crippen molar-refractivity contribution in [2.24, 2.45) is 0 Å². The molecule has 0 aliphatic rings. The van der Waals surface area contributed by atoms with Crippen LogP contribution < -0.4 is 14.8 Å². The lowest BCUT2D eigenvalue weighted by atomic mass is 10.1. The van der Waals surface area contributed by atoms with Crippen molar-refractivity contribution >= 4 is 45.3 Å². The number of carbonyl (C=O) groups is 2. The van der Waals surface area contributed by atoms with Crippen LogP contribution in [-0.2, 0) is 11.4 Å². The lowest BCUT2D eigenvalue weighted by Crippen LogP contribution is -2.14. The van der Waals surface area contributed by atoms with E-state index in [0.29, 0.717) is 33.7 Å². The number of carboxylic acids is 1. The predicted octanol–water partition coefficient (Wildman–Crippen LogP) is 5.58. The number of amides is 1. The van der Waals surface area contributed by atoms with Gasteiger partial charge < -0.3 is 19.9 Å². The van der Waals surface area contributed by atoms with Crippen LogP contribution in [0.1, 0.15) is 28.4 Å². The van der Waals surface area contributed by atoms with Crippen molar-refractivity contribution < 1.29 is 29.1 Å². The van der Waals surface area contributed by atoms with Gasteiger partial charge in [0.05, 0.1) is 21.6 Å². The Morgan fingerprint density at radius 3 is 2.51 bits per heavy atom. The first kappa shape index (κ1) is 26.9. The Bertz CT molecular complexity index is 1410. The second-order valence-corrected chi connectivity index (χ2v) is 8.34. The zero-order chi connectivity index (χ0) is 26.9. The summed E-state index contributed by atoms with van der Waals surface area (Å²) in [6, 6.07) is 16.7. The highest BCUT2D eigenvalue weighted by molar-refractivity contribution is 9.10. The third-order valence-corrected chi connectivity index (χ3v) is 5.49. The summed E-state index contributed by atoms with van der Waals surface area (Å²) in [5.74, 6) is -1.11. The van der Waals surface area contributed by atoms with E-state index in [1.54, 1.807) is 31.2 Å². The van der Waals surface area contributed by atoms with Gasteiger partial charge in [-0.15, -0.1) is 0 Å². The van der Waals surface area contributed by atoms with Crippen LogP contribution in [0.2, 0.25) is 0 Å². The molecule has 1 amide bonds. The van der Waals surface area contributed by atoms with Crippen LogP contribution in [-0.4, -0.2) is 28.5 Å². The number of anilines is 1. The number of rotatable bonds is 10. The fraction of sp³-hybridized carbons (Fsp3) is 0.115. The number of hydrogen-bond donors (Lipinski definition) is 2. The first-order valence-electron chi connectivity index (χ1n) is 10.8. The van der Waals surface area contributed by atoms with Gasteiger partial charge in [-0.1, -0.05) is 6.07 Å². The number of nitrogens with zero attached hydrogens (tertiary/aromatic N) is 2. The lowest BCUT2D eigenvalue weighted by molar-refractivity contribution is -0.384. The number of ether oxygens (including phenoxy) is 2. The van der Waals surface area contributed by atoms with Gasteiger partial charge >= 0.3 is 5.97 Å². The topological polar surface area (TPSA) is 152 Å². The first-order chi connectivity index (χ1) is 17.7. The highest BCUT2D eigenvalue weighted by atomic mass is 79.9. The maximum atomic E-state index is 12.7. The minimum atomic E-state index is -1.14. The van der Waals surface area contributed by atoms with Gasteiger partial charge in [0.25, 0.3) is 11.6 Å². The molecule has 0 saturated heterocycles. The Morgan fingerprint density at radius 2 is 1.89 bits per heavy atom. The molecule has 3 aromatic rings. The maximum absolute atomic E-state index is 12.7. The molecule has 37 heavy (non-hydrogen) atoms. The number of nitro groups is 1. The van der Waals surface area contributed by atoms with Gasteiger partial charge in [-0.05, 0) is 82.5 Å². The zero-order valence-electron chi connectivity index (χ0n) is 19.4. The number of non-ortho nitro benzene ring substituents is 1. The third kappa shape index (κ3) is 7.16. The molecule has 188 valence electrons. The number of nitrogens with one attached hydrogen (secondary N) is 1. The minimum Gasteiger partial charge on any atom is -0.490 e. The molecule has 0 heterocycles. The van der Waals surface area contributed by atoms with E-state index in [4.69, 9.17) is 14.6 Å². The van der Waals surface area contributed by atoms with E-state index in [0.717, 1.165) is 0 Å². The molecular formula is C26H20BrN3O7. The monoisotopic (exact) mass is 565 g/mol. The number of halogens is 1. The molecular weight excluding hydrogens is 546 g/mol. The molecule has 0 saturated carbocycles. The average Bonchev–Trinajstić information content (AvgIpc) is 2.87. The summed E-state index contributed by atoms with van der Waals surface area (Å²) in [6.07, 6.45) is 1.36. The molecule has 3 aromatic carbocycles. The van der Waals surface area contributed by atoms with Crippen LogP contribution in [0.4, 0.5) is 11.4 Å². The van der Waals surface area contributed by atoms with Gasteiger partial charge in [0, 0.05) is 17.8 Å². The summed E-state index contributed by atoms with van der Waals surface area (Å²) in [7, 11) is 0. The fourth-order valence-electron chi connectivity index (χ4n) is 3.19. The van der Waals surface area contributed by atoms with Gasteiger partial charge in [-0.25, -0.2) is 4.79 Å². The van der Waals surface area contributed by atoms with Crippen molar-refractivity contribution in [3.8, 4) is 17.6 Å². The molecule has 0 fully saturated rings. The molecule has 0 radical (unpaired) electrons. The van der Waals surface area contributed by atoms with Crippen molar-refractivity contribution in [1.29, 1.82) is 5.26 Å². The van der Waals surface area contributed by atoms with Crippen molar-refractivity contribution in [3.05, 3.63) is 97.5 Å². The van der Waals surface area contributed by atoms with E-state index in [9.17, 15) is 25.0 Å². The smallest absolute Gasteiger partial charge is 0.335 e. The Balaban J connectivity index is 1.82. The normalized spacial score (nSPS) is 10.8. The quantitative estimate of drug-likeness (QED) is 0.140. The Labute approximate surface area is 220 Å². The molecule has 2 N–H and O–H groups in total. The molecule has 0 aliphatic heterocycles. The molecule has 11 heteroatoms. The van der Waals surface area contributed by atoms with Crippen molar-refractivity contribution in [3.63, 3.8) is 0 Å². The van der Waals surface area contributed by atoms with E-state index in [1.807, 2.05) is 6.07 Å². The highest BCUT2D eigenvalue weighted by Crippen LogP contribution is 2.38. The molecule has 0 atom stereocenters. The van der Waals surface area contributed by atoms with Crippen molar-refractivity contribution in [2.75, 3.05) is 11.9 Å². The highest BCUT2D eigenvalue weighted by Gasteiger charge is 2.16. The van der Waals surface area contributed by atoms with Crippen LogP contribution in [0, 0.1) is 21.4 Å². The number of carboxylic acid groups (broad SMARTS) is 1. The molecule has 0 spiro atoms. The number of nitriles is 1. The minimum absolute atomic E-state index is 0.00473. The number of carbonyl (C=O) groups excluding carboxylic acids is 1. The van der Waals surface area contributed by atoms with E-state index in [-0.39, 0.29) is 29.1 Å². The molecule has 0 aromatic heterocycles. The lowest BCUT2D eigenvalue weighted by Gasteiger charge is -2.15. The number of hydrogen-bond acceptors (Lipinski definition) is 7. The van der Waals surface area contributed by atoms with Crippen LogP contribution in [0.15, 0.2) is 70.7 Å². The molecule has 10 nitrogen and oxygen atoms in total. The van der Waals surface area contributed by atoms with E-state index in [1.165, 1.54) is 42.5 Å².